The second-order valence-corrected chi connectivity index (χ2v) is 5.89. The van der Waals surface area contributed by atoms with Gasteiger partial charge in [-0.15, -0.1) is 11.3 Å². The SMILES string of the molecule is Cc1sc2nc(-c3ccccc3)c(CC(=O)O)n2c1C. The minimum absolute atomic E-state index is 0.0254. The number of carbonyl (C=O) groups is 1. The maximum absolute atomic E-state index is 11.2. The molecule has 0 unspecified atom stereocenters. The zero-order valence-electron chi connectivity index (χ0n) is 11.3. The number of rotatable bonds is 3. The van der Waals surface area contributed by atoms with Gasteiger partial charge in [0.05, 0.1) is 17.8 Å². The van der Waals surface area contributed by atoms with E-state index < -0.39 is 5.97 Å². The third-order valence-corrected chi connectivity index (χ3v) is 4.46. The van der Waals surface area contributed by atoms with Crippen LogP contribution in [0.5, 0.6) is 0 Å². The van der Waals surface area contributed by atoms with Crippen LogP contribution >= 0.6 is 11.3 Å². The van der Waals surface area contributed by atoms with Gasteiger partial charge in [-0.2, -0.15) is 0 Å². The molecule has 0 radical (unpaired) electrons. The summed E-state index contributed by atoms with van der Waals surface area (Å²) in [5, 5.41) is 9.18. The van der Waals surface area contributed by atoms with Crippen molar-refractivity contribution in [2.24, 2.45) is 0 Å². The summed E-state index contributed by atoms with van der Waals surface area (Å²) in [6, 6.07) is 9.73. The lowest BCUT2D eigenvalue weighted by Crippen LogP contribution is -2.05. The van der Waals surface area contributed by atoms with Gasteiger partial charge in [-0.25, -0.2) is 4.98 Å². The van der Waals surface area contributed by atoms with E-state index in [1.807, 2.05) is 48.6 Å². The summed E-state index contributed by atoms with van der Waals surface area (Å²) in [5.74, 6) is -0.841. The van der Waals surface area contributed by atoms with Crippen LogP contribution in [0.1, 0.15) is 16.3 Å². The Hall–Kier alpha value is -2.14. The molecule has 0 saturated carbocycles. The van der Waals surface area contributed by atoms with Gasteiger partial charge in [0, 0.05) is 16.1 Å². The van der Waals surface area contributed by atoms with Crippen molar-refractivity contribution in [3.8, 4) is 11.3 Å². The number of aryl methyl sites for hydroxylation is 2. The van der Waals surface area contributed by atoms with E-state index in [0.717, 1.165) is 27.6 Å². The summed E-state index contributed by atoms with van der Waals surface area (Å²) in [7, 11) is 0. The lowest BCUT2D eigenvalue weighted by molar-refractivity contribution is -0.136. The Balaban J connectivity index is 2.29. The van der Waals surface area contributed by atoms with Gasteiger partial charge in [-0.3, -0.25) is 9.20 Å². The number of nitrogens with zero attached hydrogens (tertiary/aromatic N) is 2. The number of imidazole rings is 1. The highest BCUT2D eigenvalue weighted by molar-refractivity contribution is 7.17. The van der Waals surface area contributed by atoms with E-state index in [9.17, 15) is 9.90 Å². The molecule has 5 heteroatoms. The summed E-state index contributed by atoms with van der Waals surface area (Å²) in [5.41, 5.74) is 3.54. The van der Waals surface area contributed by atoms with Crippen LogP contribution < -0.4 is 0 Å². The Morgan fingerprint density at radius 2 is 2.00 bits per heavy atom. The third-order valence-electron chi connectivity index (χ3n) is 3.40. The summed E-state index contributed by atoms with van der Waals surface area (Å²) >= 11 is 1.59. The van der Waals surface area contributed by atoms with E-state index in [1.165, 1.54) is 4.88 Å². The Morgan fingerprint density at radius 3 is 2.65 bits per heavy atom. The average molecular weight is 286 g/mol. The van der Waals surface area contributed by atoms with Crippen LogP contribution in [-0.2, 0) is 11.2 Å². The molecule has 0 amide bonds. The lowest BCUT2D eigenvalue weighted by Gasteiger charge is -2.03. The summed E-state index contributed by atoms with van der Waals surface area (Å²) in [4.78, 5) is 17.8. The summed E-state index contributed by atoms with van der Waals surface area (Å²) < 4.78 is 1.97. The molecule has 3 aromatic rings. The second-order valence-electron chi connectivity index (χ2n) is 4.71. The zero-order chi connectivity index (χ0) is 14.3. The Labute approximate surface area is 120 Å². The monoisotopic (exact) mass is 286 g/mol. The van der Waals surface area contributed by atoms with Crippen LogP contribution in [-0.4, -0.2) is 20.5 Å². The molecule has 0 bridgehead atoms. The van der Waals surface area contributed by atoms with Gasteiger partial charge >= 0.3 is 5.97 Å². The molecule has 0 aliphatic heterocycles. The number of benzene rings is 1. The molecule has 20 heavy (non-hydrogen) atoms. The fourth-order valence-electron chi connectivity index (χ4n) is 2.35. The molecule has 2 aromatic heterocycles. The van der Waals surface area contributed by atoms with Crippen molar-refractivity contribution in [2.45, 2.75) is 20.3 Å². The first-order valence-electron chi connectivity index (χ1n) is 6.32. The van der Waals surface area contributed by atoms with Crippen molar-refractivity contribution in [3.05, 3.63) is 46.6 Å². The molecule has 0 fully saturated rings. The molecule has 102 valence electrons. The highest BCUT2D eigenvalue weighted by atomic mass is 32.1. The normalized spacial score (nSPS) is 11.1. The first-order valence-corrected chi connectivity index (χ1v) is 7.14. The summed E-state index contributed by atoms with van der Waals surface area (Å²) in [6.45, 7) is 4.03. The van der Waals surface area contributed by atoms with Crippen LogP contribution in [0.4, 0.5) is 0 Å². The lowest BCUT2D eigenvalue weighted by atomic mass is 10.1. The predicted octanol–water partition coefficient (Wildman–Crippen LogP) is 3.31. The largest absolute Gasteiger partial charge is 0.481 e. The highest BCUT2D eigenvalue weighted by Gasteiger charge is 2.20. The highest BCUT2D eigenvalue weighted by Crippen LogP contribution is 2.30. The average Bonchev–Trinajstić information content (AvgIpc) is 2.89. The van der Waals surface area contributed by atoms with Gasteiger partial charge in [0.1, 0.15) is 0 Å². The number of carboxylic acid groups (broad SMARTS) is 1. The maximum atomic E-state index is 11.2. The molecule has 3 rings (SSSR count). The number of hydrogen-bond acceptors (Lipinski definition) is 3. The van der Waals surface area contributed by atoms with E-state index in [2.05, 4.69) is 4.98 Å². The molecular weight excluding hydrogens is 272 g/mol. The van der Waals surface area contributed by atoms with Gasteiger partial charge < -0.3 is 5.11 Å². The molecule has 4 nitrogen and oxygen atoms in total. The minimum atomic E-state index is -0.841. The standard InChI is InChI=1S/C15H14N2O2S/c1-9-10(2)20-15-16-14(11-6-4-3-5-7-11)12(17(9)15)8-13(18)19/h3-7H,8H2,1-2H3,(H,18,19). The van der Waals surface area contributed by atoms with Crippen molar-refractivity contribution in [1.82, 2.24) is 9.38 Å². The van der Waals surface area contributed by atoms with E-state index in [1.54, 1.807) is 11.3 Å². The molecule has 1 N–H and O–H groups in total. The summed E-state index contributed by atoms with van der Waals surface area (Å²) in [6.07, 6.45) is -0.0254. The van der Waals surface area contributed by atoms with Crippen LogP contribution in [0.3, 0.4) is 0 Å². The fourth-order valence-corrected chi connectivity index (χ4v) is 3.34. The second kappa shape index (κ2) is 4.76. The van der Waals surface area contributed by atoms with Crippen molar-refractivity contribution in [1.29, 1.82) is 0 Å². The zero-order valence-corrected chi connectivity index (χ0v) is 12.1. The van der Waals surface area contributed by atoms with Gasteiger partial charge in [0.15, 0.2) is 4.96 Å². The number of fused-ring (bicyclic) bond motifs is 1. The first kappa shape index (κ1) is 12.9. The van der Waals surface area contributed by atoms with Crippen LogP contribution in [0.2, 0.25) is 0 Å². The van der Waals surface area contributed by atoms with E-state index in [-0.39, 0.29) is 6.42 Å². The van der Waals surface area contributed by atoms with E-state index >= 15 is 0 Å². The Kier molecular flexibility index (Phi) is 3.06. The van der Waals surface area contributed by atoms with Crippen molar-refractivity contribution in [3.63, 3.8) is 0 Å². The first-order chi connectivity index (χ1) is 9.58. The number of aromatic nitrogens is 2. The molecule has 0 saturated heterocycles. The quantitative estimate of drug-likeness (QED) is 0.803. The van der Waals surface area contributed by atoms with E-state index in [4.69, 9.17) is 0 Å². The predicted molar refractivity (Wildman–Crippen MR) is 79.3 cm³/mol. The molecule has 0 aliphatic rings. The van der Waals surface area contributed by atoms with Gasteiger partial charge in [-0.1, -0.05) is 30.3 Å². The number of carboxylic acids is 1. The van der Waals surface area contributed by atoms with Crippen LogP contribution in [0, 0.1) is 13.8 Å². The number of hydrogen-bond donors (Lipinski definition) is 1. The number of thiazole rings is 1. The van der Waals surface area contributed by atoms with Crippen LogP contribution in [0.25, 0.3) is 16.2 Å². The molecule has 2 heterocycles. The van der Waals surface area contributed by atoms with E-state index in [0.29, 0.717) is 0 Å². The number of aliphatic carboxylic acids is 1. The van der Waals surface area contributed by atoms with Crippen molar-refractivity contribution >= 4 is 22.3 Å². The Bertz CT molecular complexity index is 787. The molecule has 0 aliphatic carbocycles. The Morgan fingerprint density at radius 1 is 1.30 bits per heavy atom. The van der Waals surface area contributed by atoms with Gasteiger partial charge in [-0.05, 0) is 13.8 Å². The topological polar surface area (TPSA) is 54.6 Å². The van der Waals surface area contributed by atoms with Gasteiger partial charge in [0.2, 0.25) is 0 Å². The molecule has 1 aromatic carbocycles. The molecular formula is C15H14N2O2S. The third kappa shape index (κ3) is 2.00. The minimum Gasteiger partial charge on any atom is -0.481 e. The van der Waals surface area contributed by atoms with Gasteiger partial charge in [0.25, 0.3) is 0 Å². The molecule has 0 spiro atoms. The van der Waals surface area contributed by atoms with Crippen molar-refractivity contribution < 1.29 is 9.90 Å². The maximum Gasteiger partial charge on any atom is 0.309 e. The van der Waals surface area contributed by atoms with Crippen molar-refractivity contribution in [2.75, 3.05) is 0 Å². The smallest absolute Gasteiger partial charge is 0.309 e. The van der Waals surface area contributed by atoms with Crippen LogP contribution in [0.15, 0.2) is 30.3 Å². The fraction of sp³-hybridized carbons (Fsp3) is 0.200. The molecule has 0 atom stereocenters.